The van der Waals surface area contributed by atoms with Gasteiger partial charge in [-0.15, -0.1) is 0 Å². The molecule has 0 aliphatic carbocycles. The quantitative estimate of drug-likeness (QED) is 0.678. The molecule has 0 atom stereocenters. The summed E-state index contributed by atoms with van der Waals surface area (Å²) in [5.74, 6) is -0.294. The average Bonchev–Trinajstić information content (AvgIpc) is 2.88. The number of amides is 1. The van der Waals surface area contributed by atoms with Crippen LogP contribution in [0.15, 0.2) is 47.3 Å². The lowest BCUT2D eigenvalue weighted by Crippen LogP contribution is -2.08. The number of pyridine rings is 1. The number of fused-ring (bicyclic) bond motifs is 1. The lowest BCUT2D eigenvalue weighted by Gasteiger charge is -2.12. The van der Waals surface area contributed by atoms with E-state index in [0.29, 0.717) is 27.1 Å². The van der Waals surface area contributed by atoms with Crippen LogP contribution >= 0.6 is 15.9 Å². The van der Waals surface area contributed by atoms with E-state index in [0.717, 1.165) is 12.1 Å². The molecule has 1 amide bonds. The van der Waals surface area contributed by atoms with Crippen molar-refractivity contribution in [3.8, 4) is 11.1 Å². The van der Waals surface area contributed by atoms with E-state index in [1.165, 1.54) is 13.0 Å². The van der Waals surface area contributed by atoms with Gasteiger partial charge in [0.15, 0.2) is 5.65 Å². The number of aromatic nitrogens is 2. The molecule has 3 rings (SSSR count). The van der Waals surface area contributed by atoms with Crippen LogP contribution in [-0.4, -0.2) is 15.3 Å². The topological polar surface area (TPSA) is 46.4 Å². The number of nitrogens with one attached hydrogen (secondary N) is 1. The fourth-order valence-electron chi connectivity index (χ4n) is 2.37. The highest BCUT2D eigenvalue weighted by molar-refractivity contribution is 9.10. The molecule has 0 aliphatic rings. The van der Waals surface area contributed by atoms with Gasteiger partial charge in [0.05, 0.1) is 17.4 Å². The van der Waals surface area contributed by atoms with Crippen molar-refractivity contribution in [2.24, 2.45) is 0 Å². The lowest BCUT2D eigenvalue weighted by molar-refractivity contribution is -0.137. The summed E-state index contributed by atoms with van der Waals surface area (Å²) < 4.78 is 41.0. The Labute approximate surface area is 143 Å². The lowest BCUT2D eigenvalue weighted by atomic mass is 10.0. The third-order valence-corrected chi connectivity index (χ3v) is 3.98. The summed E-state index contributed by atoms with van der Waals surface area (Å²) in [7, 11) is 0. The number of hydrogen-bond donors (Lipinski definition) is 1. The van der Waals surface area contributed by atoms with Crippen LogP contribution in [0.1, 0.15) is 12.5 Å². The van der Waals surface area contributed by atoms with Gasteiger partial charge < -0.3 is 5.32 Å². The molecule has 124 valence electrons. The summed E-state index contributed by atoms with van der Waals surface area (Å²) in [6.45, 7) is 1.35. The zero-order valence-corrected chi connectivity index (χ0v) is 13.9. The maximum atomic E-state index is 12.9. The number of rotatable bonds is 2. The van der Waals surface area contributed by atoms with Crippen LogP contribution < -0.4 is 5.32 Å². The third kappa shape index (κ3) is 3.14. The van der Waals surface area contributed by atoms with E-state index in [-0.39, 0.29) is 5.91 Å². The van der Waals surface area contributed by atoms with Gasteiger partial charge in [-0.1, -0.05) is 12.1 Å². The molecule has 1 N–H and O–H groups in total. The van der Waals surface area contributed by atoms with Gasteiger partial charge in [0, 0.05) is 18.7 Å². The molecular formula is C16H11BrF3N3O. The number of alkyl halides is 3. The van der Waals surface area contributed by atoms with Crippen molar-refractivity contribution >= 4 is 33.2 Å². The minimum atomic E-state index is -4.42. The van der Waals surface area contributed by atoms with E-state index in [2.05, 4.69) is 26.2 Å². The monoisotopic (exact) mass is 397 g/mol. The molecule has 0 radical (unpaired) electrons. The van der Waals surface area contributed by atoms with Crippen molar-refractivity contribution in [1.29, 1.82) is 0 Å². The van der Waals surface area contributed by atoms with Crippen molar-refractivity contribution in [2.75, 3.05) is 5.32 Å². The van der Waals surface area contributed by atoms with Crippen LogP contribution in [0.5, 0.6) is 0 Å². The normalized spacial score (nSPS) is 11.7. The maximum absolute atomic E-state index is 12.9. The van der Waals surface area contributed by atoms with Gasteiger partial charge in [0.2, 0.25) is 5.91 Å². The Balaban J connectivity index is 2.19. The van der Waals surface area contributed by atoms with E-state index < -0.39 is 11.7 Å². The smallest absolute Gasteiger partial charge is 0.323 e. The standard InChI is InChI=1S/C16H11BrF3N3O/c1-9(24)22-13-6-11(8-23-14(17)7-21-15(13)23)10-3-2-4-12(5-10)16(18,19)20/h2-8H,1H3,(H,22,24). The SMILES string of the molecule is CC(=O)Nc1cc(-c2cccc(C(F)(F)F)c2)cn2c(Br)cnc12. The number of benzene rings is 1. The van der Waals surface area contributed by atoms with Crippen LogP contribution in [0.4, 0.5) is 18.9 Å². The Bertz CT molecular complexity index is 934. The molecule has 3 aromatic rings. The summed E-state index contributed by atoms with van der Waals surface area (Å²) in [5.41, 5.74) is 1.09. The fraction of sp³-hybridized carbons (Fsp3) is 0.125. The van der Waals surface area contributed by atoms with Gasteiger partial charge in [-0.25, -0.2) is 4.98 Å². The van der Waals surface area contributed by atoms with Crippen molar-refractivity contribution in [2.45, 2.75) is 13.1 Å². The summed E-state index contributed by atoms with van der Waals surface area (Å²) >= 11 is 3.33. The molecule has 0 saturated carbocycles. The van der Waals surface area contributed by atoms with E-state index in [4.69, 9.17) is 0 Å². The highest BCUT2D eigenvalue weighted by Gasteiger charge is 2.30. The Morgan fingerprint density at radius 2 is 2.00 bits per heavy atom. The number of anilines is 1. The van der Waals surface area contributed by atoms with Crippen molar-refractivity contribution in [1.82, 2.24) is 9.38 Å². The van der Waals surface area contributed by atoms with Gasteiger partial charge in [-0.2, -0.15) is 13.2 Å². The minimum absolute atomic E-state index is 0.294. The second kappa shape index (κ2) is 5.94. The van der Waals surface area contributed by atoms with Crippen molar-refractivity contribution < 1.29 is 18.0 Å². The summed E-state index contributed by atoms with van der Waals surface area (Å²) in [6, 6.07) is 6.63. The van der Waals surface area contributed by atoms with E-state index in [1.807, 2.05) is 0 Å². The predicted octanol–water partition coefficient (Wildman–Crippen LogP) is 4.74. The molecule has 0 bridgehead atoms. The summed E-state index contributed by atoms with van der Waals surface area (Å²) in [4.78, 5) is 15.6. The Morgan fingerprint density at radius 3 is 2.67 bits per heavy atom. The molecule has 2 aromatic heterocycles. The third-order valence-electron chi connectivity index (χ3n) is 3.39. The number of carbonyl (C=O) groups is 1. The predicted molar refractivity (Wildman–Crippen MR) is 87.6 cm³/mol. The molecular weight excluding hydrogens is 387 g/mol. The van der Waals surface area contributed by atoms with E-state index >= 15 is 0 Å². The van der Waals surface area contributed by atoms with Gasteiger partial charge in [-0.05, 0) is 39.7 Å². The maximum Gasteiger partial charge on any atom is 0.416 e. The van der Waals surface area contributed by atoms with Gasteiger partial charge in [-0.3, -0.25) is 9.20 Å². The van der Waals surface area contributed by atoms with Crippen LogP contribution in [0.3, 0.4) is 0 Å². The highest BCUT2D eigenvalue weighted by atomic mass is 79.9. The molecule has 0 spiro atoms. The molecule has 0 aliphatic heterocycles. The molecule has 8 heteroatoms. The zero-order chi connectivity index (χ0) is 17.5. The molecule has 2 heterocycles. The van der Waals surface area contributed by atoms with Crippen LogP contribution in [0.25, 0.3) is 16.8 Å². The van der Waals surface area contributed by atoms with Crippen molar-refractivity contribution in [3.63, 3.8) is 0 Å². The molecule has 0 saturated heterocycles. The van der Waals surface area contributed by atoms with E-state index in [9.17, 15) is 18.0 Å². The van der Waals surface area contributed by atoms with Gasteiger partial charge in [0.1, 0.15) is 4.60 Å². The average molecular weight is 398 g/mol. The zero-order valence-electron chi connectivity index (χ0n) is 12.4. The largest absolute Gasteiger partial charge is 0.416 e. The Morgan fingerprint density at radius 1 is 1.25 bits per heavy atom. The summed E-state index contributed by atoms with van der Waals surface area (Å²) in [5, 5.41) is 2.65. The number of nitrogens with zero attached hydrogens (tertiary/aromatic N) is 2. The summed E-state index contributed by atoms with van der Waals surface area (Å²) in [6.07, 6.45) is -1.21. The van der Waals surface area contributed by atoms with Crippen LogP contribution in [0, 0.1) is 0 Å². The molecule has 1 aromatic carbocycles. The molecule has 4 nitrogen and oxygen atoms in total. The second-order valence-corrected chi connectivity index (χ2v) is 5.99. The molecule has 0 unspecified atom stereocenters. The van der Waals surface area contributed by atoms with Gasteiger partial charge >= 0.3 is 6.18 Å². The van der Waals surface area contributed by atoms with Crippen LogP contribution in [-0.2, 0) is 11.0 Å². The first-order valence-corrected chi connectivity index (χ1v) is 7.67. The number of imidazole rings is 1. The van der Waals surface area contributed by atoms with Gasteiger partial charge in [0.25, 0.3) is 0 Å². The van der Waals surface area contributed by atoms with Crippen molar-refractivity contribution in [3.05, 3.63) is 52.9 Å². The second-order valence-electron chi connectivity index (χ2n) is 5.18. The number of carbonyl (C=O) groups excluding carboxylic acids is 1. The van der Waals surface area contributed by atoms with Crippen LogP contribution in [0.2, 0.25) is 0 Å². The molecule has 0 fully saturated rings. The fourth-order valence-corrected chi connectivity index (χ4v) is 2.75. The van der Waals surface area contributed by atoms with E-state index in [1.54, 1.807) is 28.9 Å². The molecule has 24 heavy (non-hydrogen) atoms. The number of halogens is 4. The Hall–Kier alpha value is -2.35. The number of hydrogen-bond acceptors (Lipinski definition) is 2. The first-order valence-electron chi connectivity index (χ1n) is 6.87. The first-order chi connectivity index (χ1) is 11.3. The minimum Gasteiger partial charge on any atom is -0.323 e. The highest BCUT2D eigenvalue weighted by Crippen LogP contribution is 2.34. The first kappa shape index (κ1) is 16.5. The Kier molecular flexibility index (Phi) is 4.08.